The maximum Gasteiger partial charge on any atom is 0.241 e. The molecule has 1 fully saturated rings. The summed E-state index contributed by atoms with van der Waals surface area (Å²) in [5.41, 5.74) is 8.81. The minimum Gasteiger partial charge on any atom is -0.369 e. The molecule has 0 unspecified atom stereocenters. The quantitative estimate of drug-likeness (QED) is 0.612. The van der Waals surface area contributed by atoms with Crippen LogP contribution in [0.25, 0.3) is 11.3 Å². The van der Waals surface area contributed by atoms with Crippen LogP contribution in [-0.2, 0) is 22.6 Å². The van der Waals surface area contributed by atoms with Gasteiger partial charge < -0.3 is 11.1 Å². The van der Waals surface area contributed by atoms with Crippen molar-refractivity contribution in [2.24, 2.45) is 11.7 Å². The second-order valence-corrected chi connectivity index (χ2v) is 7.83. The molecule has 2 heterocycles. The van der Waals surface area contributed by atoms with Crippen LogP contribution in [0, 0.1) is 11.7 Å². The van der Waals surface area contributed by atoms with Crippen molar-refractivity contribution in [2.45, 2.75) is 38.3 Å². The molecule has 1 aromatic carbocycles. The van der Waals surface area contributed by atoms with Gasteiger partial charge in [0.05, 0.1) is 11.6 Å². The lowest BCUT2D eigenvalue weighted by Gasteiger charge is -2.18. The zero-order chi connectivity index (χ0) is 21.8. The van der Waals surface area contributed by atoms with Gasteiger partial charge >= 0.3 is 0 Å². The van der Waals surface area contributed by atoms with Crippen LogP contribution in [0.15, 0.2) is 54.9 Å². The minimum absolute atomic E-state index is 0.0175. The molecule has 0 bridgehead atoms. The van der Waals surface area contributed by atoms with Crippen molar-refractivity contribution in [1.82, 2.24) is 20.1 Å². The predicted molar refractivity (Wildman–Crippen MR) is 113 cm³/mol. The number of carbonyl (C=O) groups is 2. The summed E-state index contributed by atoms with van der Waals surface area (Å²) >= 11 is 0. The summed E-state index contributed by atoms with van der Waals surface area (Å²) in [6, 6.07) is 11.7. The normalized spacial score (nSPS) is 18.1. The predicted octanol–water partition coefficient (Wildman–Crippen LogP) is 2.45. The zero-order valence-electron chi connectivity index (χ0n) is 17.0. The van der Waals surface area contributed by atoms with Crippen molar-refractivity contribution in [3.05, 3.63) is 71.9 Å². The molecule has 0 aliphatic heterocycles. The van der Waals surface area contributed by atoms with Gasteiger partial charge in [-0.15, -0.1) is 0 Å². The van der Waals surface area contributed by atoms with Crippen LogP contribution < -0.4 is 11.1 Å². The Morgan fingerprint density at radius 1 is 1.13 bits per heavy atom. The van der Waals surface area contributed by atoms with Crippen LogP contribution in [-0.4, -0.2) is 32.6 Å². The molecule has 8 heteroatoms. The van der Waals surface area contributed by atoms with Crippen molar-refractivity contribution in [2.75, 3.05) is 0 Å². The summed E-state index contributed by atoms with van der Waals surface area (Å²) < 4.78 is 14.9. The molecule has 0 spiro atoms. The number of hydrogen-bond donors (Lipinski definition) is 2. The van der Waals surface area contributed by atoms with Gasteiger partial charge in [-0.1, -0.05) is 18.6 Å². The summed E-state index contributed by atoms with van der Waals surface area (Å²) in [6.07, 6.45) is 6.17. The van der Waals surface area contributed by atoms with E-state index in [1.165, 1.54) is 12.1 Å². The number of nitrogens with two attached hydrogens (primary N) is 1. The highest BCUT2D eigenvalue weighted by Crippen LogP contribution is 2.25. The summed E-state index contributed by atoms with van der Waals surface area (Å²) in [5.74, 6) is -1.22. The number of primary amides is 1. The van der Waals surface area contributed by atoms with Gasteiger partial charge in [-0.05, 0) is 48.7 Å². The molecule has 1 saturated carbocycles. The van der Waals surface area contributed by atoms with Gasteiger partial charge in [0.1, 0.15) is 12.4 Å². The fourth-order valence-corrected chi connectivity index (χ4v) is 4.07. The van der Waals surface area contributed by atoms with E-state index in [9.17, 15) is 14.0 Å². The average molecular weight is 421 g/mol. The number of benzene rings is 1. The Morgan fingerprint density at radius 2 is 1.87 bits per heavy atom. The van der Waals surface area contributed by atoms with E-state index in [0.29, 0.717) is 12.8 Å². The second-order valence-electron chi connectivity index (χ2n) is 7.83. The summed E-state index contributed by atoms with van der Waals surface area (Å²) in [5, 5.41) is 7.57. The molecule has 2 amide bonds. The van der Waals surface area contributed by atoms with E-state index in [1.807, 2.05) is 18.2 Å². The van der Waals surface area contributed by atoms with E-state index in [1.54, 1.807) is 29.2 Å². The average Bonchev–Trinajstić information content (AvgIpc) is 3.38. The number of nitrogens with one attached hydrogen (secondary N) is 1. The van der Waals surface area contributed by atoms with Gasteiger partial charge in [-0.2, -0.15) is 5.10 Å². The molecule has 2 atom stereocenters. The molecule has 1 aliphatic rings. The number of nitrogens with zero attached hydrogens (tertiary/aromatic N) is 3. The Kier molecular flexibility index (Phi) is 6.06. The molecule has 3 N–H and O–H groups in total. The molecule has 1 aliphatic carbocycles. The third-order valence-electron chi connectivity index (χ3n) is 5.66. The lowest BCUT2D eigenvalue weighted by atomic mass is 10.0. The number of pyridine rings is 1. The maximum absolute atomic E-state index is 13.3. The first-order valence-corrected chi connectivity index (χ1v) is 10.3. The molecule has 3 aromatic rings. The Balaban J connectivity index is 1.55. The second kappa shape index (κ2) is 9.07. The summed E-state index contributed by atoms with van der Waals surface area (Å²) in [4.78, 5) is 28.4. The number of aromatic nitrogens is 3. The minimum atomic E-state index is -0.376. The Hall–Kier alpha value is -3.55. The number of amides is 2. The topological polar surface area (TPSA) is 103 Å². The smallest absolute Gasteiger partial charge is 0.241 e. The first-order valence-electron chi connectivity index (χ1n) is 10.3. The van der Waals surface area contributed by atoms with E-state index >= 15 is 0 Å². The first-order chi connectivity index (χ1) is 15.0. The molecular weight excluding hydrogens is 397 g/mol. The van der Waals surface area contributed by atoms with Crippen molar-refractivity contribution in [3.63, 3.8) is 0 Å². The number of rotatable bonds is 7. The van der Waals surface area contributed by atoms with Crippen molar-refractivity contribution < 1.29 is 14.0 Å². The van der Waals surface area contributed by atoms with E-state index in [-0.39, 0.29) is 36.1 Å². The lowest BCUT2D eigenvalue weighted by Crippen LogP contribution is -2.43. The van der Waals surface area contributed by atoms with Gasteiger partial charge in [-0.25, -0.2) is 4.39 Å². The fraction of sp³-hybridized carbons (Fsp3) is 0.304. The zero-order valence-corrected chi connectivity index (χ0v) is 17.0. The first kappa shape index (κ1) is 20.7. The lowest BCUT2D eigenvalue weighted by molar-refractivity contribution is -0.124. The number of halogens is 1. The summed E-state index contributed by atoms with van der Waals surface area (Å²) in [6.45, 7) is 0.0175. The van der Waals surface area contributed by atoms with Gasteiger partial charge in [0.2, 0.25) is 11.8 Å². The van der Waals surface area contributed by atoms with Gasteiger partial charge in [0.15, 0.2) is 0 Å². The van der Waals surface area contributed by atoms with Gasteiger partial charge in [-0.3, -0.25) is 19.3 Å². The number of hydrogen-bond acceptors (Lipinski definition) is 4. The van der Waals surface area contributed by atoms with E-state index in [4.69, 9.17) is 5.73 Å². The summed E-state index contributed by atoms with van der Waals surface area (Å²) in [7, 11) is 0. The SMILES string of the molecule is NC(=O)[C@@H]1CCC[C@@H]1NC(=O)Cn1nc(-c2ccncc2)cc1Cc1ccc(F)cc1. The van der Waals surface area contributed by atoms with Crippen LogP contribution in [0.4, 0.5) is 4.39 Å². The monoisotopic (exact) mass is 421 g/mol. The van der Waals surface area contributed by atoms with E-state index in [0.717, 1.165) is 35.4 Å². The van der Waals surface area contributed by atoms with Crippen molar-refractivity contribution >= 4 is 11.8 Å². The van der Waals surface area contributed by atoms with Crippen molar-refractivity contribution in [3.8, 4) is 11.3 Å². The Morgan fingerprint density at radius 3 is 2.58 bits per heavy atom. The fourth-order valence-electron chi connectivity index (χ4n) is 4.07. The highest BCUT2D eigenvalue weighted by Gasteiger charge is 2.32. The third-order valence-corrected chi connectivity index (χ3v) is 5.66. The highest BCUT2D eigenvalue weighted by atomic mass is 19.1. The van der Waals surface area contributed by atoms with E-state index in [2.05, 4.69) is 15.4 Å². The molecule has 0 radical (unpaired) electrons. The molecular formula is C23H24FN5O2. The van der Waals surface area contributed by atoms with Crippen molar-refractivity contribution in [1.29, 1.82) is 0 Å². The highest BCUT2D eigenvalue weighted by molar-refractivity contribution is 5.80. The molecule has 0 saturated heterocycles. The van der Waals surface area contributed by atoms with Crippen LogP contribution in [0.3, 0.4) is 0 Å². The van der Waals surface area contributed by atoms with Crippen LogP contribution in [0.2, 0.25) is 0 Å². The van der Waals surface area contributed by atoms with Gasteiger partial charge in [0.25, 0.3) is 0 Å². The van der Waals surface area contributed by atoms with Crippen LogP contribution in [0.1, 0.15) is 30.5 Å². The maximum atomic E-state index is 13.3. The van der Waals surface area contributed by atoms with Crippen LogP contribution in [0.5, 0.6) is 0 Å². The molecule has 4 rings (SSSR count). The molecule has 7 nitrogen and oxygen atoms in total. The molecule has 160 valence electrons. The van der Waals surface area contributed by atoms with E-state index < -0.39 is 0 Å². The Bertz CT molecular complexity index is 1070. The largest absolute Gasteiger partial charge is 0.369 e. The number of carbonyl (C=O) groups excluding carboxylic acids is 2. The van der Waals surface area contributed by atoms with Crippen LogP contribution >= 0.6 is 0 Å². The van der Waals surface area contributed by atoms with Gasteiger partial charge in [0, 0.05) is 36.1 Å². The molecule has 31 heavy (non-hydrogen) atoms. The standard InChI is InChI=1S/C23H24FN5O2/c24-17-6-4-15(5-7-17)12-18-13-21(16-8-10-26-11-9-16)28-29(18)14-22(30)27-20-3-1-2-19(20)23(25)31/h4-11,13,19-20H,1-3,12,14H2,(H2,25,31)(H,27,30)/t19-,20+/m1/s1. The third kappa shape index (κ3) is 4.96. The Labute approximate surface area is 179 Å². The molecule has 2 aromatic heterocycles.